The van der Waals surface area contributed by atoms with Crippen LogP contribution in [0.5, 0.6) is 11.5 Å². The van der Waals surface area contributed by atoms with Crippen LogP contribution in [0.4, 0.5) is 9.59 Å². The molecule has 2 rings (SSSR count). The van der Waals surface area contributed by atoms with Crippen molar-refractivity contribution in [3.05, 3.63) is 58.7 Å². The zero-order chi connectivity index (χ0) is 21.9. The zero-order valence-corrected chi connectivity index (χ0v) is 18.3. The molecule has 162 valence electrons. The summed E-state index contributed by atoms with van der Waals surface area (Å²) in [7, 11) is 0. The molecular formula is C24H32N2O4. The van der Waals surface area contributed by atoms with Crippen molar-refractivity contribution >= 4 is 12.2 Å². The van der Waals surface area contributed by atoms with Gasteiger partial charge < -0.3 is 20.1 Å². The van der Waals surface area contributed by atoms with Gasteiger partial charge in [0.25, 0.3) is 0 Å². The Kier molecular flexibility index (Phi) is 9.19. The summed E-state index contributed by atoms with van der Waals surface area (Å²) in [5.74, 6) is 1.24. The van der Waals surface area contributed by atoms with Gasteiger partial charge in [0.1, 0.15) is 11.5 Å². The van der Waals surface area contributed by atoms with Gasteiger partial charge in [0.15, 0.2) is 0 Å². The van der Waals surface area contributed by atoms with E-state index in [1.54, 1.807) is 0 Å². The van der Waals surface area contributed by atoms with Crippen LogP contribution in [0.2, 0.25) is 0 Å². The molecule has 2 N–H and O–H groups in total. The Morgan fingerprint density at radius 3 is 1.30 bits per heavy atom. The number of aryl methyl sites for hydroxylation is 4. The highest BCUT2D eigenvalue weighted by Gasteiger charge is 2.10. The first kappa shape index (κ1) is 23.3. The van der Waals surface area contributed by atoms with Crippen molar-refractivity contribution in [2.24, 2.45) is 0 Å². The third-order valence-corrected chi connectivity index (χ3v) is 4.85. The van der Waals surface area contributed by atoms with Crippen LogP contribution in [0, 0.1) is 27.7 Å². The second-order valence-corrected chi connectivity index (χ2v) is 7.49. The standard InChI is InChI=1S/C24H32N2O4/c1-17-11-9-12-18(2)21(17)29-23(27)25-15-7-5-6-8-16-26-24(28)30-22-19(3)13-10-14-20(22)4/h9-14H,5-8,15-16H2,1-4H3,(H,25,27)(H,26,28). The van der Waals surface area contributed by atoms with Crippen molar-refractivity contribution in [1.29, 1.82) is 0 Å². The van der Waals surface area contributed by atoms with Crippen LogP contribution in [0.25, 0.3) is 0 Å². The second kappa shape index (κ2) is 11.9. The fourth-order valence-corrected chi connectivity index (χ4v) is 3.16. The molecule has 0 aromatic heterocycles. The molecule has 0 atom stereocenters. The summed E-state index contributed by atoms with van der Waals surface area (Å²) in [6.07, 6.45) is 2.77. The van der Waals surface area contributed by atoms with Gasteiger partial charge in [-0.15, -0.1) is 0 Å². The average Bonchev–Trinajstić information content (AvgIpc) is 2.70. The Morgan fingerprint density at radius 2 is 0.967 bits per heavy atom. The molecule has 6 heteroatoms. The van der Waals surface area contributed by atoms with Crippen LogP contribution in [0.1, 0.15) is 47.9 Å². The molecule has 0 aliphatic rings. The van der Waals surface area contributed by atoms with Gasteiger partial charge in [-0.05, 0) is 62.8 Å². The molecule has 6 nitrogen and oxygen atoms in total. The van der Waals surface area contributed by atoms with Crippen molar-refractivity contribution in [2.45, 2.75) is 53.4 Å². The van der Waals surface area contributed by atoms with E-state index in [2.05, 4.69) is 10.6 Å². The summed E-state index contributed by atoms with van der Waals surface area (Å²) < 4.78 is 10.8. The van der Waals surface area contributed by atoms with E-state index in [0.717, 1.165) is 47.9 Å². The van der Waals surface area contributed by atoms with Crippen LogP contribution in [-0.4, -0.2) is 25.3 Å². The van der Waals surface area contributed by atoms with E-state index in [-0.39, 0.29) is 0 Å². The van der Waals surface area contributed by atoms with Crippen LogP contribution in [0.3, 0.4) is 0 Å². The Bertz CT molecular complexity index is 752. The van der Waals surface area contributed by atoms with E-state index in [4.69, 9.17) is 9.47 Å². The number of benzene rings is 2. The third-order valence-electron chi connectivity index (χ3n) is 4.85. The van der Waals surface area contributed by atoms with E-state index in [0.29, 0.717) is 24.6 Å². The summed E-state index contributed by atoms with van der Waals surface area (Å²) in [4.78, 5) is 23.9. The van der Waals surface area contributed by atoms with Gasteiger partial charge in [0, 0.05) is 13.1 Å². The molecule has 0 saturated heterocycles. The van der Waals surface area contributed by atoms with Gasteiger partial charge in [-0.1, -0.05) is 49.2 Å². The Hall–Kier alpha value is -3.02. The summed E-state index contributed by atoms with van der Waals surface area (Å²) in [5.41, 5.74) is 3.75. The Labute approximate surface area is 179 Å². The highest BCUT2D eigenvalue weighted by molar-refractivity contribution is 5.71. The minimum atomic E-state index is -0.427. The number of amides is 2. The van der Waals surface area contributed by atoms with Crippen LogP contribution in [0.15, 0.2) is 36.4 Å². The number of hydrogen-bond acceptors (Lipinski definition) is 4. The molecule has 0 unspecified atom stereocenters. The SMILES string of the molecule is Cc1cccc(C)c1OC(=O)NCCCCCCNC(=O)Oc1c(C)cccc1C. The monoisotopic (exact) mass is 412 g/mol. The van der Waals surface area contributed by atoms with Gasteiger partial charge in [0.2, 0.25) is 0 Å². The van der Waals surface area contributed by atoms with Crippen LogP contribution >= 0.6 is 0 Å². The summed E-state index contributed by atoms with van der Waals surface area (Å²) in [5, 5.41) is 5.56. The van der Waals surface area contributed by atoms with Gasteiger partial charge in [-0.3, -0.25) is 0 Å². The molecule has 30 heavy (non-hydrogen) atoms. The van der Waals surface area contributed by atoms with E-state index in [9.17, 15) is 9.59 Å². The Balaban J connectivity index is 1.54. The number of carbonyl (C=O) groups is 2. The fraction of sp³-hybridized carbons (Fsp3) is 0.417. The lowest BCUT2D eigenvalue weighted by atomic mass is 10.1. The first-order valence-electron chi connectivity index (χ1n) is 10.4. The van der Waals surface area contributed by atoms with Crippen LogP contribution in [-0.2, 0) is 0 Å². The first-order chi connectivity index (χ1) is 14.4. The number of nitrogens with one attached hydrogen (secondary N) is 2. The number of para-hydroxylation sites is 2. The lowest BCUT2D eigenvalue weighted by Crippen LogP contribution is -2.28. The molecule has 2 aromatic carbocycles. The maximum absolute atomic E-state index is 11.9. The maximum Gasteiger partial charge on any atom is 0.412 e. The number of carbonyl (C=O) groups excluding carboxylic acids is 2. The van der Waals surface area contributed by atoms with Crippen molar-refractivity contribution in [1.82, 2.24) is 10.6 Å². The number of hydrogen-bond donors (Lipinski definition) is 2. The lowest BCUT2D eigenvalue weighted by Gasteiger charge is -2.11. The molecule has 2 amide bonds. The highest BCUT2D eigenvalue weighted by atomic mass is 16.6. The molecule has 0 aliphatic carbocycles. The molecule has 0 bridgehead atoms. The summed E-state index contributed by atoms with van der Waals surface area (Å²) in [6, 6.07) is 11.5. The quantitative estimate of drug-likeness (QED) is 0.544. The van der Waals surface area contributed by atoms with Crippen molar-refractivity contribution in [3.8, 4) is 11.5 Å². The molecule has 2 aromatic rings. The lowest BCUT2D eigenvalue weighted by molar-refractivity contribution is 0.198. The number of unbranched alkanes of at least 4 members (excludes halogenated alkanes) is 3. The third kappa shape index (κ3) is 7.43. The Morgan fingerprint density at radius 1 is 0.633 bits per heavy atom. The summed E-state index contributed by atoms with van der Waals surface area (Å²) >= 11 is 0. The number of ether oxygens (including phenoxy) is 2. The minimum absolute atomic E-state index is 0.427. The van der Waals surface area contributed by atoms with Crippen molar-refractivity contribution in [3.63, 3.8) is 0 Å². The molecule has 0 saturated carbocycles. The minimum Gasteiger partial charge on any atom is -0.410 e. The predicted octanol–water partition coefficient (Wildman–Crippen LogP) is 5.36. The molecule has 0 spiro atoms. The highest BCUT2D eigenvalue weighted by Crippen LogP contribution is 2.23. The average molecular weight is 413 g/mol. The zero-order valence-electron chi connectivity index (χ0n) is 18.3. The van der Waals surface area contributed by atoms with Crippen molar-refractivity contribution in [2.75, 3.05) is 13.1 Å². The van der Waals surface area contributed by atoms with Gasteiger partial charge in [0.05, 0.1) is 0 Å². The first-order valence-corrected chi connectivity index (χ1v) is 10.4. The van der Waals surface area contributed by atoms with E-state index in [1.165, 1.54) is 0 Å². The fourth-order valence-electron chi connectivity index (χ4n) is 3.16. The molecule has 0 fully saturated rings. The summed E-state index contributed by atoms with van der Waals surface area (Å²) in [6.45, 7) is 8.80. The topological polar surface area (TPSA) is 76.7 Å². The van der Waals surface area contributed by atoms with Gasteiger partial charge in [-0.25, -0.2) is 9.59 Å². The van der Waals surface area contributed by atoms with E-state index < -0.39 is 12.2 Å². The van der Waals surface area contributed by atoms with E-state index >= 15 is 0 Å². The maximum atomic E-state index is 11.9. The van der Waals surface area contributed by atoms with Crippen LogP contribution < -0.4 is 20.1 Å². The van der Waals surface area contributed by atoms with E-state index in [1.807, 2.05) is 64.1 Å². The van der Waals surface area contributed by atoms with Crippen molar-refractivity contribution < 1.29 is 19.1 Å². The molecular weight excluding hydrogens is 380 g/mol. The largest absolute Gasteiger partial charge is 0.412 e. The number of rotatable bonds is 9. The van der Waals surface area contributed by atoms with Gasteiger partial charge in [-0.2, -0.15) is 0 Å². The second-order valence-electron chi connectivity index (χ2n) is 7.49. The smallest absolute Gasteiger partial charge is 0.410 e. The van der Waals surface area contributed by atoms with Gasteiger partial charge >= 0.3 is 12.2 Å². The molecule has 0 heterocycles. The molecule has 0 radical (unpaired) electrons. The predicted molar refractivity (Wildman–Crippen MR) is 118 cm³/mol. The molecule has 0 aliphatic heterocycles. The normalized spacial score (nSPS) is 10.4.